The molecule has 0 amide bonds. The van der Waals surface area contributed by atoms with Crippen LogP contribution in [0.1, 0.15) is 27.7 Å². The molecule has 29 heavy (non-hydrogen) atoms. The molecule has 1 rings (SSSR count). The Labute approximate surface area is 169 Å². The van der Waals surface area contributed by atoms with Gasteiger partial charge < -0.3 is 9.53 Å². The number of benzene rings is 1. The number of carbonyl (C=O) groups excluding carboxylic acids is 2. The van der Waals surface area contributed by atoms with E-state index in [0.717, 1.165) is 12.1 Å². The first-order valence-electron chi connectivity index (χ1n) is 8.65. The van der Waals surface area contributed by atoms with E-state index in [1.54, 1.807) is 20.8 Å². The molecular formula is C18H25N3O7S. The van der Waals surface area contributed by atoms with E-state index in [0.29, 0.717) is 10.6 Å². The first kappa shape index (κ1) is 24.4. The standard InChI is InChI=1S/C18H25N3O7S/c1-6-11-20(16(19-13(2)12-22)17(23)28-18(3,4)5)29(26,27)15-10-8-7-9-14(15)21(24)25/h6-10,12-13,16,19H,1,11H2,2-5H3/t13-,16+/m0/s1. The quantitative estimate of drug-likeness (QED) is 0.149. The average Bonchev–Trinajstić information content (AvgIpc) is 2.62. The van der Waals surface area contributed by atoms with Crippen LogP contribution in [0.3, 0.4) is 0 Å². The lowest BCUT2D eigenvalue weighted by atomic mass is 10.2. The molecule has 10 nitrogen and oxygen atoms in total. The third-order valence-electron chi connectivity index (χ3n) is 3.50. The summed E-state index contributed by atoms with van der Waals surface area (Å²) >= 11 is 0. The molecule has 1 aromatic rings. The minimum atomic E-state index is -4.55. The summed E-state index contributed by atoms with van der Waals surface area (Å²) in [7, 11) is -4.55. The van der Waals surface area contributed by atoms with Gasteiger partial charge in [0, 0.05) is 12.6 Å². The molecule has 0 bridgehead atoms. The van der Waals surface area contributed by atoms with Gasteiger partial charge in [-0.25, -0.2) is 13.2 Å². The molecular weight excluding hydrogens is 402 g/mol. The van der Waals surface area contributed by atoms with E-state index in [4.69, 9.17) is 4.74 Å². The molecule has 0 aliphatic rings. The van der Waals surface area contributed by atoms with Crippen molar-refractivity contribution in [2.45, 2.75) is 50.4 Å². The van der Waals surface area contributed by atoms with Gasteiger partial charge in [-0.05, 0) is 33.8 Å². The van der Waals surface area contributed by atoms with Crippen LogP contribution in [0.2, 0.25) is 0 Å². The molecule has 0 fully saturated rings. The van der Waals surface area contributed by atoms with Crippen molar-refractivity contribution in [1.82, 2.24) is 9.62 Å². The van der Waals surface area contributed by atoms with Crippen LogP contribution in [0, 0.1) is 10.1 Å². The minimum Gasteiger partial charge on any atom is -0.458 e. The van der Waals surface area contributed by atoms with Crippen molar-refractivity contribution >= 4 is 28.0 Å². The van der Waals surface area contributed by atoms with Crippen molar-refractivity contribution in [2.75, 3.05) is 6.54 Å². The number of nitro benzene ring substituents is 1. The van der Waals surface area contributed by atoms with Gasteiger partial charge in [0.05, 0.1) is 11.0 Å². The number of nitrogens with one attached hydrogen (secondary N) is 1. The van der Waals surface area contributed by atoms with Crippen LogP contribution >= 0.6 is 0 Å². The minimum absolute atomic E-state index is 0.364. The summed E-state index contributed by atoms with van der Waals surface area (Å²) in [6.45, 7) is 9.34. The third kappa shape index (κ3) is 6.44. The predicted molar refractivity (Wildman–Crippen MR) is 105 cm³/mol. The van der Waals surface area contributed by atoms with Crippen molar-refractivity contribution in [3.8, 4) is 0 Å². The van der Waals surface area contributed by atoms with Crippen LogP contribution in [0.15, 0.2) is 41.8 Å². The van der Waals surface area contributed by atoms with E-state index in [-0.39, 0.29) is 6.54 Å². The highest BCUT2D eigenvalue weighted by atomic mass is 32.2. The molecule has 0 radical (unpaired) electrons. The Bertz CT molecular complexity index is 878. The average molecular weight is 427 g/mol. The van der Waals surface area contributed by atoms with Gasteiger partial charge >= 0.3 is 5.97 Å². The number of rotatable bonds is 10. The maximum atomic E-state index is 13.3. The number of para-hydroxylation sites is 1. The Morgan fingerprint density at radius 2 is 1.97 bits per heavy atom. The van der Waals surface area contributed by atoms with Gasteiger partial charge in [0.15, 0.2) is 11.1 Å². The molecule has 2 atom stereocenters. The predicted octanol–water partition coefficient (Wildman–Crippen LogP) is 1.62. The van der Waals surface area contributed by atoms with Gasteiger partial charge in [-0.15, -0.1) is 6.58 Å². The largest absolute Gasteiger partial charge is 0.458 e. The first-order chi connectivity index (χ1) is 13.3. The molecule has 0 aliphatic carbocycles. The molecule has 0 heterocycles. The zero-order valence-electron chi connectivity index (χ0n) is 16.7. The number of hydrogen-bond donors (Lipinski definition) is 1. The van der Waals surface area contributed by atoms with E-state index in [2.05, 4.69) is 11.9 Å². The topological polar surface area (TPSA) is 136 Å². The Kier molecular flexibility index (Phi) is 8.18. The molecule has 0 aromatic heterocycles. The first-order valence-corrected chi connectivity index (χ1v) is 10.1. The SMILES string of the molecule is C=CCN([C@@H](N[C@@H](C)C=O)C(=O)OC(C)(C)C)S(=O)(=O)c1ccccc1[N+](=O)[O-]. The van der Waals surface area contributed by atoms with Crippen LogP contribution in [0.5, 0.6) is 0 Å². The summed E-state index contributed by atoms with van der Waals surface area (Å²) < 4.78 is 32.5. The van der Waals surface area contributed by atoms with Gasteiger partial charge in [-0.2, -0.15) is 4.31 Å². The molecule has 0 spiro atoms. The van der Waals surface area contributed by atoms with Crippen LogP contribution in [-0.4, -0.2) is 54.3 Å². The molecule has 11 heteroatoms. The van der Waals surface area contributed by atoms with Gasteiger partial charge in [-0.3, -0.25) is 15.4 Å². The van der Waals surface area contributed by atoms with E-state index >= 15 is 0 Å². The molecule has 1 N–H and O–H groups in total. The van der Waals surface area contributed by atoms with Crippen molar-refractivity contribution in [3.63, 3.8) is 0 Å². The highest BCUT2D eigenvalue weighted by molar-refractivity contribution is 7.89. The maximum absolute atomic E-state index is 13.3. The lowest BCUT2D eigenvalue weighted by molar-refractivity contribution is -0.387. The second-order valence-electron chi connectivity index (χ2n) is 7.12. The van der Waals surface area contributed by atoms with Gasteiger partial charge in [0.2, 0.25) is 0 Å². The normalized spacial score (nSPS) is 14.1. The summed E-state index contributed by atoms with van der Waals surface area (Å²) in [5.41, 5.74) is -1.59. The fourth-order valence-corrected chi connectivity index (χ4v) is 3.97. The number of hydrogen-bond acceptors (Lipinski definition) is 8. The number of sulfonamides is 1. The highest BCUT2D eigenvalue weighted by Gasteiger charge is 2.40. The number of nitrogens with zero attached hydrogens (tertiary/aromatic N) is 2. The Morgan fingerprint density at radius 1 is 1.38 bits per heavy atom. The second kappa shape index (κ2) is 9.72. The molecule has 0 saturated carbocycles. The van der Waals surface area contributed by atoms with E-state index in [1.807, 2.05) is 0 Å². The Hall–Kier alpha value is -2.63. The van der Waals surface area contributed by atoms with Crippen molar-refractivity contribution in [1.29, 1.82) is 0 Å². The molecule has 160 valence electrons. The number of ether oxygens (including phenoxy) is 1. The number of esters is 1. The lowest BCUT2D eigenvalue weighted by Gasteiger charge is -2.32. The Morgan fingerprint density at radius 3 is 2.45 bits per heavy atom. The fourth-order valence-electron chi connectivity index (χ4n) is 2.34. The molecule has 0 unspecified atom stereocenters. The van der Waals surface area contributed by atoms with E-state index in [1.165, 1.54) is 25.1 Å². The number of carbonyl (C=O) groups is 2. The van der Waals surface area contributed by atoms with Gasteiger partial charge in [0.1, 0.15) is 11.9 Å². The second-order valence-corrected chi connectivity index (χ2v) is 8.97. The zero-order valence-corrected chi connectivity index (χ0v) is 17.5. The van der Waals surface area contributed by atoms with Crippen molar-refractivity contribution < 1.29 is 27.7 Å². The summed E-state index contributed by atoms with van der Waals surface area (Å²) in [6.07, 6.45) is 0.0927. The molecule has 0 saturated heterocycles. The smallest absolute Gasteiger partial charge is 0.339 e. The van der Waals surface area contributed by atoms with Crippen LogP contribution in [-0.2, 0) is 24.3 Å². The fraction of sp³-hybridized carbons (Fsp3) is 0.444. The molecule has 1 aromatic carbocycles. The van der Waals surface area contributed by atoms with Crippen molar-refractivity contribution in [2.24, 2.45) is 0 Å². The number of aldehydes is 1. The third-order valence-corrected chi connectivity index (χ3v) is 5.38. The number of nitro groups is 1. The van der Waals surface area contributed by atoms with Crippen LogP contribution < -0.4 is 5.32 Å². The monoisotopic (exact) mass is 427 g/mol. The molecule has 0 aliphatic heterocycles. The highest BCUT2D eigenvalue weighted by Crippen LogP contribution is 2.28. The van der Waals surface area contributed by atoms with E-state index in [9.17, 15) is 28.1 Å². The van der Waals surface area contributed by atoms with Crippen molar-refractivity contribution in [3.05, 3.63) is 47.0 Å². The zero-order chi connectivity index (χ0) is 22.4. The maximum Gasteiger partial charge on any atom is 0.339 e. The Balaban J connectivity index is 3.57. The van der Waals surface area contributed by atoms with E-state index < -0.39 is 49.3 Å². The summed E-state index contributed by atoms with van der Waals surface area (Å²) in [5.74, 6) is -0.963. The lowest BCUT2D eigenvalue weighted by Crippen LogP contribution is -2.57. The summed E-state index contributed by atoms with van der Waals surface area (Å²) in [4.78, 5) is 33.7. The van der Waals surface area contributed by atoms with Crippen LogP contribution in [0.4, 0.5) is 5.69 Å². The van der Waals surface area contributed by atoms with Gasteiger partial charge in [-0.1, -0.05) is 18.2 Å². The summed E-state index contributed by atoms with van der Waals surface area (Å²) in [5, 5.41) is 13.9. The summed E-state index contributed by atoms with van der Waals surface area (Å²) in [6, 6.07) is 3.87. The van der Waals surface area contributed by atoms with Gasteiger partial charge in [0.25, 0.3) is 15.7 Å². The van der Waals surface area contributed by atoms with Crippen LogP contribution in [0.25, 0.3) is 0 Å².